The third kappa shape index (κ3) is 4.91. The summed E-state index contributed by atoms with van der Waals surface area (Å²) in [4.78, 5) is 11.8. The number of nitrogens with two attached hydrogens (primary N) is 1. The Morgan fingerprint density at radius 1 is 1.42 bits per heavy atom. The number of benzene rings is 1. The largest absolute Gasteiger partial charge is 0.491 e. The van der Waals surface area contributed by atoms with Crippen LogP contribution in [-0.4, -0.2) is 24.6 Å². The van der Waals surface area contributed by atoms with E-state index in [1.54, 1.807) is 6.92 Å². The van der Waals surface area contributed by atoms with Crippen LogP contribution in [0.2, 0.25) is 0 Å². The van der Waals surface area contributed by atoms with E-state index in [0.29, 0.717) is 19.6 Å². The maximum absolute atomic E-state index is 11.8. The predicted octanol–water partition coefficient (Wildman–Crippen LogP) is 2.01. The molecule has 4 nitrogen and oxygen atoms in total. The Bertz CT molecular complexity index is 416. The Morgan fingerprint density at radius 3 is 2.74 bits per heavy atom. The van der Waals surface area contributed by atoms with Crippen molar-refractivity contribution in [3.63, 3.8) is 0 Å². The van der Waals surface area contributed by atoms with Crippen molar-refractivity contribution >= 4 is 5.91 Å². The summed E-state index contributed by atoms with van der Waals surface area (Å²) in [7, 11) is 0. The zero-order valence-corrected chi connectivity index (χ0v) is 12.0. The molecule has 0 aromatic heterocycles. The molecule has 1 aromatic rings. The minimum Gasteiger partial charge on any atom is -0.491 e. The minimum absolute atomic E-state index is 0.122. The van der Waals surface area contributed by atoms with Crippen LogP contribution in [0.3, 0.4) is 0 Å². The van der Waals surface area contributed by atoms with Gasteiger partial charge in [-0.3, -0.25) is 4.79 Å². The molecule has 4 heteroatoms. The smallest absolute Gasteiger partial charge is 0.239 e. The van der Waals surface area contributed by atoms with Crippen LogP contribution < -0.4 is 15.8 Å². The zero-order chi connectivity index (χ0) is 14.3. The normalized spacial score (nSPS) is 13.7. The monoisotopic (exact) mass is 264 g/mol. The fourth-order valence-corrected chi connectivity index (χ4v) is 1.88. The standard InChI is InChI=1S/C15H24N2O2/c1-4-9-15(3,16)14(18)17-10-11-19-13-8-6-5-7-12(13)2/h5-8H,4,9-11,16H2,1-3H3,(H,17,18). The van der Waals surface area contributed by atoms with Crippen molar-refractivity contribution in [3.05, 3.63) is 29.8 Å². The number of hydrogen-bond acceptors (Lipinski definition) is 3. The molecule has 1 amide bonds. The lowest BCUT2D eigenvalue weighted by Crippen LogP contribution is -2.52. The second-order valence-electron chi connectivity index (χ2n) is 5.04. The maximum Gasteiger partial charge on any atom is 0.239 e. The Balaban J connectivity index is 2.32. The van der Waals surface area contributed by atoms with Gasteiger partial charge in [-0.15, -0.1) is 0 Å². The van der Waals surface area contributed by atoms with E-state index in [0.717, 1.165) is 17.7 Å². The highest BCUT2D eigenvalue weighted by molar-refractivity contribution is 5.85. The summed E-state index contributed by atoms with van der Waals surface area (Å²) in [6.45, 7) is 6.67. The molecule has 0 radical (unpaired) electrons. The van der Waals surface area contributed by atoms with Crippen LogP contribution in [0.15, 0.2) is 24.3 Å². The van der Waals surface area contributed by atoms with Gasteiger partial charge in [-0.2, -0.15) is 0 Å². The van der Waals surface area contributed by atoms with Crippen LogP contribution in [0.1, 0.15) is 32.3 Å². The number of rotatable bonds is 7. The van der Waals surface area contributed by atoms with Crippen LogP contribution in [0, 0.1) is 6.92 Å². The number of aryl methyl sites for hydroxylation is 1. The highest BCUT2D eigenvalue weighted by Crippen LogP contribution is 2.15. The summed E-state index contributed by atoms with van der Waals surface area (Å²) in [5, 5.41) is 2.81. The van der Waals surface area contributed by atoms with Crippen LogP contribution in [0.5, 0.6) is 5.75 Å². The van der Waals surface area contributed by atoms with E-state index in [9.17, 15) is 4.79 Å². The lowest BCUT2D eigenvalue weighted by Gasteiger charge is -2.22. The van der Waals surface area contributed by atoms with E-state index in [2.05, 4.69) is 5.32 Å². The van der Waals surface area contributed by atoms with Gasteiger partial charge in [-0.05, 0) is 31.9 Å². The van der Waals surface area contributed by atoms with E-state index in [1.807, 2.05) is 38.1 Å². The van der Waals surface area contributed by atoms with Gasteiger partial charge in [0.1, 0.15) is 12.4 Å². The number of amides is 1. The first kappa shape index (κ1) is 15.5. The predicted molar refractivity (Wildman–Crippen MR) is 77.2 cm³/mol. The maximum atomic E-state index is 11.8. The zero-order valence-electron chi connectivity index (χ0n) is 12.0. The van der Waals surface area contributed by atoms with Crippen molar-refractivity contribution in [3.8, 4) is 5.75 Å². The first-order chi connectivity index (χ1) is 8.97. The van der Waals surface area contributed by atoms with Crippen molar-refractivity contribution in [2.45, 2.75) is 39.2 Å². The van der Waals surface area contributed by atoms with Gasteiger partial charge in [0.15, 0.2) is 0 Å². The molecule has 0 spiro atoms. The van der Waals surface area contributed by atoms with Crippen LogP contribution in [0.4, 0.5) is 0 Å². The van der Waals surface area contributed by atoms with Gasteiger partial charge >= 0.3 is 0 Å². The number of ether oxygens (including phenoxy) is 1. The van der Waals surface area contributed by atoms with Crippen molar-refractivity contribution in [2.75, 3.05) is 13.2 Å². The average molecular weight is 264 g/mol. The van der Waals surface area contributed by atoms with Gasteiger partial charge in [-0.1, -0.05) is 31.5 Å². The molecule has 0 aliphatic heterocycles. The Labute approximate surface area is 115 Å². The van der Waals surface area contributed by atoms with Crippen LogP contribution >= 0.6 is 0 Å². The second kappa shape index (κ2) is 7.14. The molecule has 1 atom stereocenters. The molecule has 3 N–H and O–H groups in total. The van der Waals surface area contributed by atoms with Crippen molar-refractivity contribution in [2.24, 2.45) is 5.73 Å². The van der Waals surface area contributed by atoms with Crippen LogP contribution in [0.25, 0.3) is 0 Å². The summed E-state index contributed by atoms with van der Waals surface area (Å²) >= 11 is 0. The van der Waals surface area contributed by atoms with Gasteiger partial charge in [0.2, 0.25) is 5.91 Å². The van der Waals surface area contributed by atoms with Gasteiger partial charge in [0, 0.05) is 0 Å². The molecular weight excluding hydrogens is 240 g/mol. The van der Waals surface area contributed by atoms with E-state index in [4.69, 9.17) is 10.5 Å². The van der Waals surface area contributed by atoms with Gasteiger partial charge < -0.3 is 15.8 Å². The summed E-state index contributed by atoms with van der Waals surface area (Å²) in [5.74, 6) is 0.726. The molecule has 0 fully saturated rings. The molecule has 0 aliphatic carbocycles. The molecular formula is C15H24N2O2. The summed E-state index contributed by atoms with van der Waals surface area (Å²) in [5.41, 5.74) is 6.23. The molecule has 1 unspecified atom stereocenters. The fraction of sp³-hybridized carbons (Fsp3) is 0.533. The summed E-state index contributed by atoms with van der Waals surface area (Å²) < 4.78 is 5.60. The fourth-order valence-electron chi connectivity index (χ4n) is 1.88. The SMILES string of the molecule is CCCC(C)(N)C(=O)NCCOc1ccccc1C. The number of hydrogen-bond donors (Lipinski definition) is 2. The number of carbonyl (C=O) groups excluding carboxylic acids is 1. The van der Waals surface area contributed by atoms with Gasteiger partial charge in [0.25, 0.3) is 0 Å². The first-order valence-corrected chi connectivity index (χ1v) is 6.73. The molecule has 0 saturated heterocycles. The lowest BCUT2D eigenvalue weighted by molar-refractivity contribution is -0.126. The van der Waals surface area contributed by atoms with E-state index in [1.165, 1.54) is 0 Å². The minimum atomic E-state index is -0.794. The molecule has 0 aliphatic rings. The molecule has 0 saturated carbocycles. The average Bonchev–Trinajstić information content (AvgIpc) is 2.36. The third-order valence-corrected chi connectivity index (χ3v) is 3.03. The Hall–Kier alpha value is -1.55. The Kier molecular flexibility index (Phi) is 5.83. The van der Waals surface area contributed by atoms with Crippen molar-refractivity contribution in [1.82, 2.24) is 5.32 Å². The Morgan fingerprint density at radius 2 is 2.11 bits per heavy atom. The molecule has 1 aromatic carbocycles. The highest BCUT2D eigenvalue weighted by atomic mass is 16.5. The molecule has 106 valence electrons. The molecule has 19 heavy (non-hydrogen) atoms. The van der Waals surface area contributed by atoms with E-state index < -0.39 is 5.54 Å². The number of nitrogens with one attached hydrogen (secondary N) is 1. The lowest BCUT2D eigenvalue weighted by atomic mass is 9.97. The molecule has 0 heterocycles. The third-order valence-electron chi connectivity index (χ3n) is 3.03. The van der Waals surface area contributed by atoms with E-state index in [-0.39, 0.29) is 5.91 Å². The second-order valence-corrected chi connectivity index (χ2v) is 5.04. The van der Waals surface area contributed by atoms with Crippen molar-refractivity contribution < 1.29 is 9.53 Å². The highest BCUT2D eigenvalue weighted by Gasteiger charge is 2.26. The number of carbonyl (C=O) groups is 1. The van der Waals surface area contributed by atoms with Crippen LogP contribution in [-0.2, 0) is 4.79 Å². The van der Waals surface area contributed by atoms with Gasteiger partial charge in [0.05, 0.1) is 12.1 Å². The van der Waals surface area contributed by atoms with E-state index >= 15 is 0 Å². The molecule has 0 bridgehead atoms. The van der Waals surface area contributed by atoms with Gasteiger partial charge in [-0.25, -0.2) is 0 Å². The summed E-state index contributed by atoms with van der Waals surface area (Å²) in [6, 6.07) is 7.81. The topological polar surface area (TPSA) is 64.4 Å². The quantitative estimate of drug-likeness (QED) is 0.740. The van der Waals surface area contributed by atoms with Crippen molar-refractivity contribution in [1.29, 1.82) is 0 Å². The first-order valence-electron chi connectivity index (χ1n) is 6.73. The number of para-hydroxylation sites is 1. The molecule has 1 rings (SSSR count). The summed E-state index contributed by atoms with van der Waals surface area (Å²) in [6.07, 6.45) is 1.57.